The number of carboxylic acids is 1. The third kappa shape index (κ3) is 4.56. The second kappa shape index (κ2) is 8.37. The molecule has 0 aromatic heterocycles. The molecule has 2 unspecified atom stereocenters. The minimum Gasteiger partial charge on any atom is -0.496 e. The molecule has 1 fully saturated rings. The highest BCUT2D eigenvalue weighted by Gasteiger charge is 2.42. The van der Waals surface area contributed by atoms with Gasteiger partial charge in [-0.25, -0.2) is 4.79 Å². The summed E-state index contributed by atoms with van der Waals surface area (Å²) in [5, 5.41) is 12.2. The van der Waals surface area contributed by atoms with Gasteiger partial charge in [0.25, 0.3) is 0 Å². The number of carbonyl (C=O) groups is 2. The average molecular weight is 380 g/mol. The van der Waals surface area contributed by atoms with Crippen molar-refractivity contribution in [1.29, 1.82) is 0 Å². The van der Waals surface area contributed by atoms with Crippen LogP contribution < -0.4 is 19.5 Å². The standard InChI is InChI=1S/C19H28N2O6/c1-12(20-18(24)21-7-6-19(2,11-21)17(22)23)8-14-15(26-4)9-13(25-3)10-16(14)27-5/h9-10,12H,6-8,11H2,1-5H3,(H,20,24)(H,22,23). The van der Waals surface area contributed by atoms with Gasteiger partial charge in [0.15, 0.2) is 0 Å². The molecule has 0 saturated carbocycles. The summed E-state index contributed by atoms with van der Waals surface area (Å²) in [6.45, 7) is 4.18. The number of carbonyl (C=O) groups excluding carboxylic acids is 1. The molecule has 0 bridgehead atoms. The third-order valence-corrected chi connectivity index (χ3v) is 4.97. The number of benzene rings is 1. The van der Waals surface area contributed by atoms with E-state index in [2.05, 4.69) is 5.32 Å². The van der Waals surface area contributed by atoms with Crippen LogP contribution in [0.2, 0.25) is 0 Å². The van der Waals surface area contributed by atoms with Gasteiger partial charge in [0.05, 0.1) is 26.7 Å². The van der Waals surface area contributed by atoms with Crippen molar-refractivity contribution in [2.24, 2.45) is 5.41 Å². The van der Waals surface area contributed by atoms with Crippen LogP contribution in [0.15, 0.2) is 12.1 Å². The topological polar surface area (TPSA) is 97.3 Å². The molecular formula is C19H28N2O6. The summed E-state index contributed by atoms with van der Waals surface area (Å²) in [5.74, 6) is 0.978. The molecular weight excluding hydrogens is 352 g/mol. The highest BCUT2D eigenvalue weighted by molar-refractivity contribution is 5.79. The van der Waals surface area contributed by atoms with E-state index in [1.165, 1.54) is 0 Å². The number of hydrogen-bond donors (Lipinski definition) is 2. The minimum atomic E-state index is -0.886. The molecule has 0 spiro atoms. The Hall–Kier alpha value is -2.64. The molecule has 1 saturated heterocycles. The van der Waals surface area contributed by atoms with Crippen LogP contribution in [0.4, 0.5) is 4.79 Å². The molecule has 1 aromatic carbocycles. The number of nitrogens with one attached hydrogen (secondary N) is 1. The van der Waals surface area contributed by atoms with Gasteiger partial charge in [0, 0.05) is 36.8 Å². The zero-order valence-corrected chi connectivity index (χ0v) is 16.5. The molecule has 27 heavy (non-hydrogen) atoms. The van der Waals surface area contributed by atoms with E-state index in [9.17, 15) is 14.7 Å². The van der Waals surface area contributed by atoms with Gasteiger partial charge in [0.1, 0.15) is 17.2 Å². The Labute approximate surface area is 159 Å². The van der Waals surface area contributed by atoms with Crippen LogP contribution in [0.3, 0.4) is 0 Å². The molecule has 2 atom stereocenters. The smallest absolute Gasteiger partial charge is 0.317 e. The summed E-state index contributed by atoms with van der Waals surface area (Å²) in [5.41, 5.74) is -0.0615. The molecule has 0 radical (unpaired) electrons. The molecule has 1 aromatic rings. The van der Waals surface area contributed by atoms with Gasteiger partial charge in [-0.15, -0.1) is 0 Å². The van der Waals surface area contributed by atoms with Crippen molar-refractivity contribution in [1.82, 2.24) is 10.2 Å². The van der Waals surface area contributed by atoms with Crippen molar-refractivity contribution >= 4 is 12.0 Å². The Kier molecular flexibility index (Phi) is 6.41. The molecule has 0 aliphatic carbocycles. The van der Waals surface area contributed by atoms with Gasteiger partial charge in [0.2, 0.25) is 0 Å². The van der Waals surface area contributed by atoms with Crippen LogP contribution >= 0.6 is 0 Å². The highest BCUT2D eigenvalue weighted by Crippen LogP contribution is 2.35. The minimum absolute atomic E-state index is 0.203. The summed E-state index contributed by atoms with van der Waals surface area (Å²) in [6, 6.07) is 3.07. The van der Waals surface area contributed by atoms with Crippen LogP contribution in [0.25, 0.3) is 0 Å². The fourth-order valence-electron chi connectivity index (χ4n) is 3.25. The molecule has 2 N–H and O–H groups in total. The van der Waals surface area contributed by atoms with Crippen LogP contribution in [0.5, 0.6) is 17.2 Å². The Morgan fingerprint density at radius 3 is 2.26 bits per heavy atom. The average Bonchev–Trinajstić information content (AvgIpc) is 3.05. The van der Waals surface area contributed by atoms with E-state index in [4.69, 9.17) is 14.2 Å². The van der Waals surface area contributed by atoms with Crippen molar-refractivity contribution < 1.29 is 28.9 Å². The first-order valence-electron chi connectivity index (χ1n) is 8.81. The molecule has 150 valence electrons. The van der Waals surface area contributed by atoms with E-state index < -0.39 is 11.4 Å². The number of methoxy groups -OCH3 is 3. The Morgan fingerprint density at radius 1 is 1.22 bits per heavy atom. The SMILES string of the molecule is COc1cc(OC)c(CC(C)NC(=O)N2CCC(C)(C(=O)O)C2)c(OC)c1. The molecule has 8 heteroatoms. The second-order valence-electron chi connectivity index (χ2n) is 7.10. The number of rotatable bonds is 7. The lowest BCUT2D eigenvalue weighted by Gasteiger charge is -2.24. The fraction of sp³-hybridized carbons (Fsp3) is 0.579. The van der Waals surface area contributed by atoms with E-state index >= 15 is 0 Å². The van der Waals surface area contributed by atoms with Crippen LogP contribution in [0.1, 0.15) is 25.8 Å². The van der Waals surface area contributed by atoms with Gasteiger partial charge in [-0.1, -0.05) is 0 Å². The second-order valence-corrected chi connectivity index (χ2v) is 7.10. The van der Waals surface area contributed by atoms with Crippen LogP contribution in [-0.4, -0.2) is 62.5 Å². The Bertz CT molecular complexity index is 682. The van der Waals surface area contributed by atoms with Crippen molar-refractivity contribution in [3.05, 3.63) is 17.7 Å². The molecule has 1 heterocycles. The first-order chi connectivity index (χ1) is 12.7. The number of carboxylic acid groups (broad SMARTS) is 1. The number of urea groups is 1. The van der Waals surface area contributed by atoms with E-state index in [0.717, 1.165) is 5.56 Å². The van der Waals surface area contributed by atoms with Crippen molar-refractivity contribution in [3.8, 4) is 17.2 Å². The van der Waals surface area contributed by atoms with E-state index in [0.29, 0.717) is 36.6 Å². The zero-order valence-electron chi connectivity index (χ0n) is 16.5. The lowest BCUT2D eigenvalue weighted by molar-refractivity contribution is -0.147. The lowest BCUT2D eigenvalue weighted by atomic mass is 9.90. The summed E-state index contributed by atoms with van der Waals surface area (Å²) >= 11 is 0. The maximum absolute atomic E-state index is 12.5. The number of likely N-dealkylation sites (tertiary alicyclic amines) is 1. The zero-order chi connectivity index (χ0) is 20.2. The third-order valence-electron chi connectivity index (χ3n) is 4.97. The lowest BCUT2D eigenvalue weighted by Crippen LogP contribution is -2.45. The summed E-state index contributed by atoms with van der Waals surface area (Å²) in [4.78, 5) is 25.4. The van der Waals surface area contributed by atoms with Gasteiger partial charge in [-0.3, -0.25) is 4.79 Å². The first-order valence-corrected chi connectivity index (χ1v) is 8.81. The predicted octanol–water partition coefficient (Wildman–Crippen LogP) is 2.15. The normalized spacial score (nSPS) is 20.1. The summed E-state index contributed by atoms with van der Waals surface area (Å²) in [6.07, 6.45) is 0.941. The number of ether oxygens (including phenoxy) is 3. The maximum atomic E-state index is 12.5. The number of amides is 2. The Morgan fingerprint density at radius 2 is 1.81 bits per heavy atom. The van der Waals surface area contributed by atoms with Crippen LogP contribution in [-0.2, 0) is 11.2 Å². The monoisotopic (exact) mass is 380 g/mol. The van der Waals surface area contributed by atoms with E-state index in [1.54, 1.807) is 45.3 Å². The molecule has 1 aliphatic heterocycles. The van der Waals surface area contributed by atoms with E-state index in [-0.39, 0.29) is 18.6 Å². The molecule has 1 aliphatic rings. The number of aliphatic carboxylic acids is 1. The fourth-order valence-corrected chi connectivity index (χ4v) is 3.25. The van der Waals surface area contributed by atoms with E-state index in [1.807, 2.05) is 6.92 Å². The van der Waals surface area contributed by atoms with Crippen molar-refractivity contribution in [3.63, 3.8) is 0 Å². The van der Waals surface area contributed by atoms with Gasteiger partial charge >= 0.3 is 12.0 Å². The number of nitrogens with zero attached hydrogens (tertiary/aromatic N) is 1. The highest BCUT2D eigenvalue weighted by atomic mass is 16.5. The molecule has 8 nitrogen and oxygen atoms in total. The predicted molar refractivity (Wildman–Crippen MR) is 99.7 cm³/mol. The largest absolute Gasteiger partial charge is 0.496 e. The molecule has 2 rings (SSSR count). The number of hydrogen-bond acceptors (Lipinski definition) is 5. The summed E-state index contributed by atoms with van der Waals surface area (Å²) in [7, 11) is 4.70. The molecule has 2 amide bonds. The first kappa shape index (κ1) is 20.7. The quantitative estimate of drug-likeness (QED) is 0.752. The van der Waals surface area contributed by atoms with Gasteiger partial charge in [-0.2, -0.15) is 0 Å². The Balaban J connectivity index is 2.07. The maximum Gasteiger partial charge on any atom is 0.317 e. The van der Waals surface area contributed by atoms with Crippen LogP contribution in [0, 0.1) is 5.41 Å². The summed E-state index contributed by atoms with van der Waals surface area (Å²) < 4.78 is 16.1. The van der Waals surface area contributed by atoms with Gasteiger partial charge in [-0.05, 0) is 26.7 Å². The van der Waals surface area contributed by atoms with Crippen molar-refractivity contribution in [2.45, 2.75) is 32.7 Å². The van der Waals surface area contributed by atoms with Gasteiger partial charge < -0.3 is 29.5 Å². The van der Waals surface area contributed by atoms with Crippen molar-refractivity contribution in [2.75, 3.05) is 34.4 Å².